The molecule has 1 saturated heterocycles. The topological polar surface area (TPSA) is 95.7 Å². The standard InChI is InChI=1S/C22H27N3O4/c1-15-11-17(18-7-8-24-13-19(18)23)12-20(22(15)28-9-10-29-22)25-21(26)27-14-16-5-3-2-4-6-16/h2-8,13,15,17,20H,9-12,14,23H2,1H3,(H,25,26)/t15-,17+,20+/m0/s1. The molecule has 3 N–H and O–H groups in total. The van der Waals surface area contributed by atoms with Gasteiger partial charge in [0.15, 0.2) is 5.79 Å². The third-order valence-electron chi connectivity index (χ3n) is 5.90. The Balaban J connectivity index is 1.49. The third kappa shape index (κ3) is 4.06. The van der Waals surface area contributed by atoms with Gasteiger partial charge in [-0.15, -0.1) is 0 Å². The maximum atomic E-state index is 12.6. The number of anilines is 1. The number of hydrogen-bond acceptors (Lipinski definition) is 6. The number of benzene rings is 1. The first-order chi connectivity index (χ1) is 14.1. The van der Waals surface area contributed by atoms with E-state index in [9.17, 15) is 4.79 Å². The highest BCUT2D eigenvalue weighted by Gasteiger charge is 2.54. The number of carbonyl (C=O) groups is 1. The highest BCUT2D eigenvalue weighted by atomic mass is 16.7. The third-order valence-corrected chi connectivity index (χ3v) is 5.90. The molecular weight excluding hydrogens is 370 g/mol. The summed E-state index contributed by atoms with van der Waals surface area (Å²) in [6.45, 7) is 3.34. The SMILES string of the molecule is C[C@H]1C[C@@H](c2ccncc2N)C[C@@H](NC(=O)OCc2ccccc2)C12OCCO2. The van der Waals surface area contributed by atoms with Crippen LogP contribution in [0.4, 0.5) is 10.5 Å². The van der Waals surface area contributed by atoms with E-state index in [1.807, 2.05) is 36.4 Å². The molecule has 1 aliphatic carbocycles. The number of rotatable bonds is 4. The second kappa shape index (κ2) is 8.39. The fourth-order valence-corrected chi connectivity index (χ4v) is 4.52. The van der Waals surface area contributed by atoms with Gasteiger partial charge in [-0.2, -0.15) is 0 Å². The van der Waals surface area contributed by atoms with E-state index in [4.69, 9.17) is 19.9 Å². The lowest BCUT2D eigenvalue weighted by molar-refractivity contribution is -0.226. The van der Waals surface area contributed by atoms with Crippen LogP contribution in [0.1, 0.15) is 36.8 Å². The van der Waals surface area contributed by atoms with Crippen molar-refractivity contribution in [1.29, 1.82) is 0 Å². The van der Waals surface area contributed by atoms with Crippen LogP contribution in [0.2, 0.25) is 0 Å². The van der Waals surface area contributed by atoms with Crippen LogP contribution >= 0.6 is 0 Å². The van der Waals surface area contributed by atoms with Crippen LogP contribution in [0.3, 0.4) is 0 Å². The number of nitrogens with zero attached hydrogens (tertiary/aromatic N) is 1. The first-order valence-corrected chi connectivity index (χ1v) is 10.0. The number of pyridine rings is 1. The van der Waals surface area contributed by atoms with Crippen molar-refractivity contribution in [3.05, 3.63) is 59.9 Å². The van der Waals surface area contributed by atoms with Crippen LogP contribution in [0, 0.1) is 5.92 Å². The van der Waals surface area contributed by atoms with Gasteiger partial charge in [0.05, 0.1) is 31.1 Å². The fourth-order valence-electron chi connectivity index (χ4n) is 4.52. The Hall–Kier alpha value is -2.64. The lowest BCUT2D eigenvalue weighted by atomic mass is 9.72. The average Bonchev–Trinajstić information content (AvgIpc) is 3.22. The van der Waals surface area contributed by atoms with Gasteiger partial charge < -0.3 is 25.3 Å². The van der Waals surface area contributed by atoms with E-state index in [2.05, 4.69) is 17.2 Å². The molecular formula is C22H27N3O4. The lowest BCUT2D eigenvalue weighted by Gasteiger charge is -2.46. The van der Waals surface area contributed by atoms with Crippen molar-refractivity contribution in [2.45, 2.75) is 44.1 Å². The molecule has 1 amide bonds. The smallest absolute Gasteiger partial charge is 0.407 e. The number of amides is 1. The van der Waals surface area contributed by atoms with Gasteiger partial charge in [-0.3, -0.25) is 4.98 Å². The van der Waals surface area contributed by atoms with Gasteiger partial charge in [-0.25, -0.2) is 4.79 Å². The van der Waals surface area contributed by atoms with Gasteiger partial charge >= 0.3 is 6.09 Å². The zero-order valence-electron chi connectivity index (χ0n) is 16.5. The number of nitrogens with two attached hydrogens (primary N) is 1. The zero-order valence-corrected chi connectivity index (χ0v) is 16.5. The Bertz CT molecular complexity index is 839. The monoisotopic (exact) mass is 397 g/mol. The number of aromatic nitrogens is 1. The summed E-state index contributed by atoms with van der Waals surface area (Å²) >= 11 is 0. The molecule has 7 nitrogen and oxygen atoms in total. The fraction of sp³-hybridized carbons (Fsp3) is 0.455. The summed E-state index contributed by atoms with van der Waals surface area (Å²) in [7, 11) is 0. The van der Waals surface area contributed by atoms with Crippen LogP contribution in [-0.2, 0) is 20.8 Å². The largest absolute Gasteiger partial charge is 0.445 e. The molecule has 29 heavy (non-hydrogen) atoms. The Kier molecular flexibility index (Phi) is 5.69. The second-order valence-electron chi connectivity index (χ2n) is 7.75. The Morgan fingerprint density at radius 3 is 2.72 bits per heavy atom. The van der Waals surface area contributed by atoms with Gasteiger partial charge in [0.2, 0.25) is 0 Å². The molecule has 0 bridgehead atoms. The summed E-state index contributed by atoms with van der Waals surface area (Å²) in [5.74, 6) is -0.578. The first kappa shape index (κ1) is 19.7. The van der Waals surface area contributed by atoms with Crippen molar-refractivity contribution in [3.8, 4) is 0 Å². The van der Waals surface area contributed by atoms with Crippen LogP contribution in [0.25, 0.3) is 0 Å². The molecule has 7 heteroatoms. The van der Waals surface area contributed by atoms with Gasteiger partial charge in [0.1, 0.15) is 6.61 Å². The van der Waals surface area contributed by atoms with Crippen molar-refractivity contribution >= 4 is 11.8 Å². The van der Waals surface area contributed by atoms with Crippen molar-refractivity contribution in [2.24, 2.45) is 5.92 Å². The summed E-state index contributed by atoms with van der Waals surface area (Å²) in [6.07, 6.45) is 4.45. The molecule has 2 heterocycles. The van der Waals surface area contributed by atoms with E-state index in [1.54, 1.807) is 12.4 Å². The van der Waals surface area contributed by atoms with Gasteiger partial charge in [0.25, 0.3) is 0 Å². The number of alkyl carbamates (subject to hydrolysis) is 1. The molecule has 4 rings (SSSR count). The molecule has 1 aliphatic heterocycles. The van der Waals surface area contributed by atoms with Gasteiger partial charge in [-0.1, -0.05) is 37.3 Å². The van der Waals surface area contributed by atoms with Crippen molar-refractivity contribution in [1.82, 2.24) is 10.3 Å². The first-order valence-electron chi connectivity index (χ1n) is 10.0. The van der Waals surface area contributed by atoms with Gasteiger partial charge in [0, 0.05) is 12.1 Å². The second-order valence-corrected chi connectivity index (χ2v) is 7.75. The van der Waals surface area contributed by atoms with Crippen LogP contribution in [-0.4, -0.2) is 36.1 Å². The molecule has 1 spiro atoms. The molecule has 0 unspecified atom stereocenters. The normalized spacial score (nSPS) is 25.6. The van der Waals surface area contributed by atoms with E-state index in [0.29, 0.717) is 25.3 Å². The molecule has 1 aromatic heterocycles. The maximum absolute atomic E-state index is 12.6. The molecule has 1 saturated carbocycles. The van der Waals surface area contributed by atoms with Crippen LogP contribution in [0.15, 0.2) is 48.8 Å². The van der Waals surface area contributed by atoms with Gasteiger partial charge in [-0.05, 0) is 36.0 Å². The zero-order chi connectivity index (χ0) is 20.3. The van der Waals surface area contributed by atoms with E-state index >= 15 is 0 Å². The molecule has 0 radical (unpaired) electrons. The van der Waals surface area contributed by atoms with E-state index in [-0.39, 0.29) is 24.5 Å². The Morgan fingerprint density at radius 1 is 1.24 bits per heavy atom. The number of ether oxygens (including phenoxy) is 3. The molecule has 3 atom stereocenters. The minimum atomic E-state index is -0.829. The minimum Gasteiger partial charge on any atom is -0.445 e. The van der Waals surface area contributed by atoms with E-state index in [1.165, 1.54) is 0 Å². The molecule has 1 aromatic carbocycles. The predicted octanol–water partition coefficient (Wildman–Crippen LogP) is 3.22. The van der Waals surface area contributed by atoms with Crippen LogP contribution < -0.4 is 11.1 Å². The van der Waals surface area contributed by atoms with Crippen molar-refractivity contribution in [3.63, 3.8) is 0 Å². The highest BCUT2D eigenvalue weighted by molar-refractivity contribution is 5.68. The van der Waals surface area contributed by atoms with Crippen LogP contribution in [0.5, 0.6) is 0 Å². The predicted molar refractivity (Wildman–Crippen MR) is 108 cm³/mol. The molecule has 154 valence electrons. The van der Waals surface area contributed by atoms with Crippen molar-refractivity contribution in [2.75, 3.05) is 18.9 Å². The lowest BCUT2D eigenvalue weighted by Crippen LogP contribution is -2.60. The summed E-state index contributed by atoms with van der Waals surface area (Å²) in [5.41, 5.74) is 8.81. The van der Waals surface area contributed by atoms with E-state index < -0.39 is 11.9 Å². The molecule has 2 aromatic rings. The highest BCUT2D eigenvalue weighted by Crippen LogP contribution is 2.47. The maximum Gasteiger partial charge on any atom is 0.407 e. The van der Waals surface area contributed by atoms with Crippen molar-refractivity contribution < 1.29 is 19.0 Å². The summed E-state index contributed by atoms with van der Waals surface area (Å²) in [4.78, 5) is 16.6. The molecule has 2 fully saturated rings. The molecule has 2 aliphatic rings. The quantitative estimate of drug-likeness (QED) is 0.822. The number of hydrogen-bond donors (Lipinski definition) is 2. The number of nitrogens with one attached hydrogen (secondary N) is 1. The number of nitrogen functional groups attached to an aromatic ring is 1. The minimum absolute atomic E-state index is 0.0794. The Labute approximate surface area is 170 Å². The summed E-state index contributed by atoms with van der Waals surface area (Å²) < 4.78 is 17.5. The number of carbonyl (C=O) groups excluding carboxylic acids is 1. The summed E-state index contributed by atoms with van der Waals surface area (Å²) in [5, 5.41) is 3.00. The van der Waals surface area contributed by atoms with E-state index in [0.717, 1.165) is 17.5 Å². The summed E-state index contributed by atoms with van der Waals surface area (Å²) in [6, 6.07) is 11.2. The Morgan fingerprint density at radius 2 is 2.00 bits per heavy atom. The average molecular weight is 397 g/mol.